The van der Waals surface area contributed by atoms with Gasteiger partial charge in [0.25, 0.3) is 5.91 Å². The van der Waals surface area contributed by atoms with Gasteiger partial charge in [-0.15, -0.1) is 0 Å². The molecule has 1 fully saturated rings. The van der Waals surface area contributed by atoms with E-state index >= 15 is 0 Å². The van der Waals surface area contributed by atoms with Crippen molar-refractivity contribution in [2.24, 2.45) is 0 Å². The second-order valence-corrected chi connectivity index (χ2v) is 6.94. The van der Waals surface area contributed by atoms with Crippen LogP contribution in [0.4, 0.5) is 0 Å². The predicted octanol–water partition coefficient (Wildman–Crippen LogP) is 2.03. The van der Waals surface area contributed by atoms with Crippen molar-refractivity contribution in [2.45, 2.75) is 25.4 Å². The first-order valence-corrected chi connectivity index (χ1v) is 9.33. The zero-order valence-electron chi connectivity index (χ0n) is 15.6. The van der Waals surface area contributed by atoms with Crippen LogP contribution in [0.1, 0.15) is 39.1 Å². The van der Waals surface area contributed by atoms with Gasteiger partial charge in [0.05, 0.1) is 5.56 Å². The van der Waals surface area contributed by atoms with Crippen molar-refractivity contribution in [3.05, 3.63) is 59.2 Å². The van der Waals surface area contributed by atoms with Crippen molar-refractivity contribution in [1.29, 1.82) is 0 Å². The van der Waals surface area contributed by atoms with Crippen LogP contribution in [0.25, 0.3) is 0 Å². The topological polar surface area (TPSA) is 105 Å². The molecule has 2 amide bonds. The summed E-state index contributed by atoms with van der Waals surface area (Å²) in [5, 5.41) is 11.8. The van der Waals surface area contributed by atoms with Crippen LogP contribution in [0.2, 0.25) is 0 Å². The molecule has 29 heavy (non-hydrogen) atoms. The van der Waals surface area contributed by atoms with Gasteiger partial charge in [-0.3, -0.25) is 9.59 Å². The van der Waals surface area contributed by atoms with Crippen molar-refractivity contribution < 1.29 is 29.0 Å². The summed E-state index contributed by atoms with van der Waals surface area (Å²) >= 11 is 0. The number of fused-ring (bicyclic) bond motifs is 1. The average molecular weight is 396 g/mol. The van der Waals surface area contributed by atoms with Gasteiger partial charge in [-0.25, -0.2) is 4.79 Å². The molecule has 1 atom stereocenters. The normalized spacial score (nSPS) is 17.2. The molecule has 0 aliphatic carbocycles. The van der Waals surface area contributed by atoms with Gasteiger partial charge in [0.1, 0.15) is 6.04 Å². The highest BCUT2D eigenvalue weighted by Gasteiger charge is 2.34. The highest BCUT2D eigenvalue weighted by Crippen LogP contribution is 2.33. The van der Waals surface area contributed by atoms with Crippen molar-refractivity contribution in [3.8, 4) is 11.5 Å². The van der Waals surface area contributed by atoms with E-state index in [1.54, 1.807) is 35.2 Å². The zero-order valence-corrected chi connectivity index (χ0v) is 15.6. The van der Waals surface area contributed by atoms with Crippen LogP contribution >= 0.6 is 0 Å². The molecule has 150 valence electrons. The third kappa shape index (κ3) is 3.87. The number of nitrogens with zero attached hydrogens (tertiary/aromatic N) is 1. The molecule has 1 unspecified atom stereocenters. The van der Waals surface area contributed by atoms with E-state index in [9.17, 15) is 14.4 Å². The van der Waals surface area contributed by atoms with Gasteiger partial charge >= 0.3 is 5.97 Å². The Bertz CT molecular complexity index is 956. The summed E-state index contributed by atoms with van der Waals surface area (Å²) in [4.78, 5) is 38.1. The Morgan fingerprint density at radius 1 is 1.03 bits per heavy atom. The van der Waals surface area contributed by atoms with Crippen molar-refractivity contribution >= 4 is 17.8 Å². The average Bonchev–Trinajstić information content (AvgIpc) is 3.40. The molecule has 1 saturated heterocycles. The van der Waals surface area contributed by atoms with Gasteiger partial charge in [-0.05, 0) is 48.7 Å². The summed E-state index contributed by atoms with van der Waals surface area (Å²) in [6.07, 6.45) is 1.35. The van der Waals surface area contributed by atoms with Crippen molar-refractivity contribution in [1.82, 2.24) is 10.2 Å². The lowest BCUT2D eigenvalue weighted by atomic mass is 10.1. The molecule has 2 aliphatic rings. The number of hydrogen-bond donors (Lipinski definition) is 2. The van der Waals surface area contributed by atoms with E-state index < -0.39 is 12.0 Å². The lowest BCUT2D eigenvalue weighted by Gasteiger charge is -2.24. The van der Waals surface area contributed by atoms with Crippen LogP contribution in [-0.2, 0) is 11.3 Å². The number of likely N-dealkylation sites (tertiary alicyclic amines) is 1. The molecular weight excluding hydrogens is 376 g/mol. The van der Waals surface area contributed by atoms with Gasteiger partial charge in [-0.2, -0.15) is 0 Å². The summed E-state index contributed by atoms with van der Waals surface area (Å²) in [6, 6.07) is 10.8. The monoisotopic (exact) mass is 396 g/mol. The summed E-state index contributed by atoms with van der Waals surface area (Å²) in [7, 11) is 0. The smallest absolute Gasteiger partial charge is 0.335 e. The summed E-state index contributed by atoms with van der Waals surface area (Å²) in [5.41, 5.74) is 1.43. The van der Waals surface area contributed by atoms with Crippen molar-refractivity contribution in [3.63, 3.8) is 0 Å². The third-order valence-electron chi connectivity index (χ3n) is 5.10. The maximum absolute atomic E-state index is 12.9. The minimum Gasteiger partial charge on any atom is -0.478 e. The first kappa shape index (κ1) is 18.8. The minimum atomic E-state index is -0.996. The Morgan fingerprint density at radius 3 is 2.52 bits per heavy atom. The number of aromatic carboxylic acids is 1. The number of rotatable bonds is 5. The lowest BCUT2D eigenvalue weighted by Crippen LogP contribution is -2.45. The van der Waals surface area contributed by atoms with E-state index in [-0.39, 0.29) is 30.7 Å². The second-order valence-electron chi connectivity index (χ2n) is 6.94. The standard InChI is InChI=1S/C21H20N2O6/c24-19(22-11-13-3-5-14(6-4-13)21(26)27)16-2-1-9-23(16)20(25)15-7-8-17-18(10-15)29-12-28-17/h3-8,10,16H,1-2,9,11-12H2,(H,22,24)(H,26,27). The number of nitrogens with one attached hydrogen (secondary N) is 1. The fourth-order valence-electron chi connectivity index (χ4n) is 3.55. The van der Waals surface area contributed by atoms with Crippen molar-refractivity contribution in [2.75, 3.05) is 13.3 Å². The molecule has 4 rings (SSSR count). The van der Waals surface area contributed by atoms with E-state index in [2.05, 4.69) is 5.32 Å². The number of hydrogen-bond acceptors (Lipinski definition) is 5. The fraction of sp³-hybridized carbons (Fsp3) is 0.286. The largest absolute Gasteiger partial charge is 0.478 e. The Hall–Kier alpha value is -3.55. The minimum absolute atomic E-state index is 0.134. The molecule has 2 heterocycles. The number of amides is 2. The van der Waals surface area contributed by atoms with E-state index in [0.29, 0.717) is 30.0 Å². The molecule has 2 aliphatic heterocycles. The van der Waals surface area contributed by atoms with Crippen LogP contribution in [0.5, 0.6) is 11.5 Å². The summed E-state index contributed by atoms with van der Waals surface area (Å²) in [6.45, 7) is 0.912. The third-order valence-corrected chi connectivity index (χ3v) is 5.10. The number of ether oxygens (including phenoxy) is 2. The quantitative estimate of drug-likeness (QED) is 0.801. The zero-order chi connectivity index (χ0) is 20.4. The van der Waals surface area contributed by atoms with Crippen LogP contribution in [-0.4, -0.2) is 47.2 Å². The highest BCUT2D eigenvalue weighted by atomic mass is 16.7. The van der Waals surface area contributed by atoms with E-state index in [4.69, 9.17) is 14.6 Å². The van der Waals surface area contributed by atoms with E-state index in [1.807, 2.05) is 0 Å². The maximum atomic E-state index is 12.9. The molecular formula is C21H20N2O6. The van der Waals surface area contributed by atoms with Gasteiger partial charge in [0.2, 0.25) is 12.7 Å². The van der Waals surface area contributed by atoms with Crippen LogP contribution in [0, 0.1) is 0 Å². The number of carbonyl (C=O) groups excluding carboxylic acids is 2. The predicted molar refractivity (Wildman–Crippen MR) is 102 cm³/mol. The van der Waals surface area contributed by atoms with E-state index in [1.165, 1.54) is 12.1 Å². The Morgan fingerprint density at radius 2 is 1.76 bits per heavy atom. The van der Waals surface area contributed by atoms with Crippen LogP contribution in [0.15, 0.2) is 42.5 Å². The fourth-order valence-corrected chi connectivity index (χ4v) is 3.55. The van der Waals surface area contributed by atoms with Crippen LogP contribution in [0.3, 0.4) is 0 Å². The summed E-state index contributed by atoms with van der Waals surface area (Å²) < 4.78 is 10.6. The van der Waals surface area contributed by atoms with Gasteiger partial charge in [0.15, 0.2) is 11.5 Å². The molecule has 2 aromatic rings. The molecule has 0 bridgehead atoms. The molecule has 2 N–H and O–H groups in total. The first-order valence-electron chi connectivity index (χ1n) is 9.33. The number of carbonyl (C=O) groups is 3. The molecule has 0 saturated carbocycles. The lowest BCUT2D eigenvalue weighted by molar-refractivity contribution is -0.125. The number of benzene rings is 2. The maximum Gasteiger partial charge on any atom is 0.335 e. The second kappa shape index (κ2) is 7.83. The van der Waals surface area contributed by atoms with Crippen LogP contribution < -0.4 is 14.8 Å². The molecule has 2 aromatic carbocycles. The molecule has 8 nitrogen and oxygen atoms in total. The molecule has 0 radical (unpaired) electrons. The number of carboxylic acid groups (broad SMARTS) is 1. The Labute approximate surface area is 167 Å². The SMILES string of the molecule is O=C(O)c1ccc(CNC(=O)C2CCCN2C(=O)c2ccc3c(c2)OCO3)cc1. The van der Waals surface area contributed by atoms with Gasteiger partial charge < -0.3 is 24.8 Å². The highest BCUT2D eigenvalue weighted by molar-refractivity contribution is 5.98. The van der Waals surface area contributed by atoms with Gasteiger partial charge in [0, 0.05) is 18.7 Å². The first-order chi connectivity index (χ1) is 14.0. The summed E-state index contributed by atoms with van der Waals surface area (Å²) in [5.74, 6) is -0.304. The molecule has 8 heteroatoms. The van der Waals surface area contributed by atoms with E-state index in [0.717, 1.165) is 12.0 Å². The molecule has 0 spiro atoms. The Balaban J connectivity index is 1.40. The number of carboxylic acids is 1. The van der Waals surface area contributed by atoms with Gasteiger partial charge in [-0.1, -0.05) is 12.1 Å². The Kier molecular flexibility index (Phi) is 5.07. The molecule has 0 aromatic heterocycles.